The number of carbonyl (C=O) groups excluding carboxylic acids is 3. The fourth-order valence-corrected chi connectivity index (χ4v) is 5.99. The number of amides is 2. The van der Waals surface area contributed by atoms with Gasteiger partial charge in [-0.3, -0.25) is 19.3 Å². The Bertz CT molecular complexity index is 1730. The number of ketones is 1. The Kier molecular flexibility index (Phi) is 12.5. The largest absolute Gasteiger partial charge is 0.496 e. The molecule has 3 atom stereocenters. The van der Waals surface area contributed by atoms with Crippen LogP contribution in [-0.4, -0.2) is 107 Å². The Balaban J connectivity index is 1.98. The lowest BCUT2D eigenvalue weighted by atomic mass is 9.85. The molecule has 1 saturated heterocycles. The second-order valence-corrected chi connectivity index (χ2v) is 11.0. The lowest BCUT2D eigenvalue weighted by Gasteiger charge is -2.40. The van der Waals surface area contributed by atoms with Crippen molar-refractivity contribution in [2.24, 2.45) is 5.92 Å². The maximum absolute atomic E-state index is 16.2. The molecule has 51 heavy (non-hydrogen) atoms. The molecule has 2 amide bonds. The molecule has 0 aliphatic carbocycles. The van der Waals surface area contributed by atoms with Crippen molar-refractivity contribution in [1.29, 1.82) is 0 Å². The molecule has 4 rings (SSSR count). The number of Topliss-reactive ketones (excluding diaryl/α,β-unsaturated/α-hetero) is 1. The zero-order valence-corrected chi connectivity index (χ0v) is 29.1. The molecule has 15 nitrogen and oxygen atoms in total. The molecule has 1 heterocycles. The number of nitrogens with zero attached hydrogens (tertiary/aromatic N) is 2. The number of likely N-dealkylation sites (tertiary alicyclic amines) is 1. The fraction of sp³-hybridized carbons (Fsp3) is 0.371. The molecule has 3 aromatic carbocycles. The summed E-state index contributed by atoms with van der Waals surface area (Å²) in [6, 6.07) is 9.89. The summed E-state index contributed by atoms with van der Waals surface area (Å²) in [5, 5.41) is 11.1. The molecule has 0 aromatic heterocycles. The molecule has 1 aliphatic heterocycles. The van der Waals surface area contributed by atoms with Gasteiger partial charge in [-0.05, 0) is 37.1 Å². The molecule has 3 unspecified atom stereocenters. The number of esters is 1. The normalized spacial score (nSPS) is 17.0. The third-order valence-corrected chi connectivity index (χ3v) is 8.37. The predicted octanol–water partition coefficient (Wildman–Crippen LogP) is 4.71. The Labute approximate surface area is 293 Å². The van der Waals surface area contributed by atoms with Crippen LogP contribution in [0.2, 0.25) is 0 Å². The van der Waals surface area contributed by atoms with E-state index in [0.29, 0.717) is 0 Å². The van der Waals surface area contributed by atoms with Crippen LogP contribution in [0.15, 0.2) is 48.5 Å². The van der Waals surface area contributed by atoms with Gasteiger partial charge < -0.3 is 38.3 Å². The van der Waals surface area contributed by atoms with Crippen LogP contribution in [0, 0.1) is 11.7 Å². The Morgan fingerprint density at radius 1 is 0.765 bits per heavy atom. The van der Waals surface area contributed by atoms with Crippen molar-refractivity contribution in [1.82, 2.24) is 9.96 Å². The lowest BCUT2D eigenvalue weighted by molar-refractivity contribution is -0.175. The van der Waals surface area contributed by atoms with E-state index in [1.54, 1.807) is 18.2 Å². The van der Waals surface area contributed by atoms with Crippen molar-refractivity contribution in [3.63, 3.8) is 0 Å². The molecule has 0 spiro atoms. The van der Waals surface area contributed by atoms with Gasteiger partial charge in [0.15, 0.2) is 34.6 Å². The summed E-state index contributed by atoms with van der Waals surface area (Å²) < 4.78 is 54.1. The molecule has 0 saturated carbocycles. The van der Waals surface area contributed by atoms with Gasteiger partial charge in [-0.1, -0.05) is 18.2 Å². The van der Waals surface area contributed by atoms with Gasteiger partial charge in [-0.15, -0.1) is 0 Å². The number of hydrogen-bond donors (Lipinski definition) is 1. The second kappa shape index (κ2) is 16.8. The van der Waals surface area contributed by atoms with E-state index < -0.39 is 59.1 Å². The summed E-state index contributed by atoms with van der Waals surface area (Å²) in [5.41, 5.74) is -0.619. The molecule has 1 fully saturated rings. The standard InChI is InChI=1S/C35H39FN2O13/c1-44-22-18-25(47-4)31(49-6)27(36)26(22)29(39)21-14-11-15-37(35(42)43)33(51-34(41)19-12-9-8-10-13-19)28(21)38(50-7)32(40)20-16-23(45-2)30(48-5)24(17-20)46-3/h8-10,12-13,16-18,21,28,33H,11,14-15H2,1-7H3,(H,42,43). The van der Waals surface area contributed by atoms with Gasteiger partial charge in [0.1, 0.15) is 11.8 Å². The van der Waals surface area contributed by atoms with E-state index in [0.717, 1.165) is 17.1 Å². The first-order valence-electron chi connectivity index (χ1n) is 15.5. The first-order valence-corrected chi connectivity index (χ1v) is 15.5. The van der Waals surface area contributed by atoms with E-state index in [-0.39, 0.29) is 59.3 Å². The highest BCUT2D eigenvalue weighted by Gasteiger charge is 2.50. The fourth-order valence-electron chi connectivity index (χ4n) is 5.99. The van der Waals surface area contributed by atoms with Crippen molar-refractivity contribution < 1.29 is 66.7 Å². The SMILES string of the molecule is COc1cc(C(=O)N(OC)C2C(C(=O)c3c(OC)cc(OC)c(OC)c3F)CCCN(C(=O)O)C2OC(=O)c2ccccc2)cc(OC)c1OC. The van der Waals surface area contributed by atoms with Crippen LogP contribution in [0.1, 0.15) is 43.9 Å². The lowest BCUT2D eigenvalue weighted by Crippen LogP contribution is -2.59. The maximum Gasteiger partial charge on any atom is 0.410 e. The quantitative estimate of drug-likeness (QED) is 0.147. The van der Waals surface area contributed by atoms with E-state index in [1.807, 2.05) is 0 Å². The summed E-state index contributed by atoms with van der Waals surface area (Å²) in [4.78, 5) is 61.9. The molecule has 1 aliphatic rings. The topological polar surface area (TPSA) is 169 Å². The maximum atomic E-state index is 16.2. The minimum atomic E-state index is -1.85. The molecular weight excluding hydrogens is 675 g/mol. The summed E-state index contributed by atoms with van der Waals surface area (Å²) in [5.74, 6) is -5.73. The molecule has 0 radical (unpaired) electrons. The van der Waals surface area contributed by atoms with Crippen molar-refractivity contribution in [2.75, 3.05) is 56.3 Å². The van der Waals surface area contributed by atoms with E-state index in [1.165, 1.54) is 73.0 Å². The molecule has 3 aromatic rings. The highest BCUT2D eigenvalue weighted by Crippen LogP contribution is 2.43. The number of halogens is 1. The molecule has 1 N–H and O–H groups in total. The number of methoxy groups -OCH3 is 6. The summed E-state index contributed by atoms with van der Waals surface area (Å²) in [6.07, 6.45) is -3.46. The number of benzene rings is 3. The van der Waals surface area contributed by atoms with Gasteiger partial charge in [-0.25, -0.2) is 19.0 Å². The van der Waals surface area contributed by atoms with Crippen molar-refractivity contribution in [3.8, 4) is 34.5 Å². The van der Waals surface area contributed by atoms with Crippen LogP contribution < -0.4 is 28.4 Å². The number of carbonyl (C=O) groups is 4. The van der Waals surface area contributed by atoms with Crippen LogP contribution in [0.4, 0.5) is 9.18 Å². The third-order valence-electron chi connectivity index (χ3n) is 8.37. The van der Waals surface area contributed by atoms with Crippen molar-refractivity contribution >= 4 is 23.8 Å². The van der Waals surface area contributed by atoms with Gasteiger partial charge in [-0.2, -0.15) is 0 Å². The number of rotatable bonds is 13. The first kappa shape index (κ1) is 38.0. The van der Waals surface area contributed by atoms with Crippen molar-refractivity contribution in [3.05, 3.63) is 71.0 Å². The zero-order chi connectivity index (χ0) is 37.4. The Morgan fingerprint density at radius 2 is 1.33 bits per heavy atom. The molecule has 16 heteroatoms. The molecular formula is C35H39FN2O13. The number of hydroxylamine groups is 2. The molecule has 0 bridgehead atoms. The Morgan fingerprint density at radius 3 is 1.84 bits per heavy atom. The van der Waals surface area contributed by atoms with Gasteiger partial charge in [0.2, 0.25) is 12.0 Å². The Hall–Kier alpha value is -5.77. The minimum Gasteiger partial charge on any atom is -0.496 e. The van der Waals surface area contributed by atoms with Crippen LogP contribution >= 0.6 is 0 Å². The van der Waals surface area contributed by atoms with Crippen LogP contribution in [0.3, 0.4) is 0 Å². The summed E-state index contributed by atoms with van der Waals surface area (Å²) in [7, 11) is 8.84. The average Bonchev–Trinajstić information content (AvgIpc) is 3.33. The number of hydrogen-bond acceptors (Lipinski definition) is 12. The van der Waals surface area contributed by atoms with E-state index >= 15 is 4.39 Å². The number of ether oxygens (including phenoxy) is 7. The van der Waals surface area contributed by atoms with E-state index in [2.05, 4.69) is 0 Å². The van der Waals surface area contributed by atoms with E-state index in [9.17, 15) is 24.3 Å². The minimum absolute atomic E-state index is 0.0335. The predicted molar refractivity (Wildman–Crippen MR) is 177 cm³/mol. The van der Waals surface area contributed by atoms with Crippen LogP contribution in [-0.2, 0) is 9.57 Å². The highest BCUT2D eigenvalue weighted by atomic mass is 19.1. The van der Waals surface area contributed by atoms with Gasteiger partial charge in [0.25, 0.3) is 5.91 Å². The average molecular weight is 715 g/mol. The monoisotopic (exact) mass is 714 g/mol. The highest BCUT2D eigenvalue weighted by molar-refractivity contribution is 6.03. The van der Waals surface area contributed by atoms with E-state index in [4.69, 9.17) is 38.0 Å². The first-order chi connectivity index (χ1) is 24.5. The zero-order valence-electron chi connectivity index (χ0n) is 29.1. The van der Waals surface area contributed by atoms with Gasteiger partial charge in [0, 0.05) is 18.2 Å². The van der Waals surface area contributed by atoms with Crippen LogP contribution in [0.25, 0.3) is 0 Å². The summed E-state index contributed by atoms with van der Waals surface area (Å²) in [6.45, 7) is -0.232. The number of carboxylic acid groups (broad SMARTS) is 1. The summed E-state index contributed by atoms with van der Waals surface area (Å²) >= 11 is 0. The third kappa shape index (κ3) is 7.55. The van der Waals surface area contributed by atoms with Gasteiger partial charge in [0.05, 0.1) is 66.8 Å². The van der Waals surface area contributed by atoms with Gasteiger partial charge >= 0.3 is 12.1 Å². The smallest absolute Gasteiger partial charge is 0.410 e. The van der Waals surface area contributed by atoms with Crippen molar-refractivity contribution in [2.45, 2.75) is 25.1 Å². The second-order valence-electron chi connectivity index (χ2n) is 11.0. The molecule has 274 valence electrons. The van der Waals surface area contributed by atoms with Crippen LogP contribution in [0.5, 0.6) is 34.5 Å².